The molecule has 7 heteroatoms. The lowest BCUT2D eigenvalue weighted by Crippen LogP contribution is -2.42. The molecule has 0 fully saturated rings. The first kappa shape index (κ1) is 19.6. The summed E-state index contributed by atoms with van der Waals surface area (Å²) in [5, 5.41) is 8.01. The number of nitrogens with zero attached hydrogens (tertiary/aromatic N) is 2. The first-order valence-electron chi connectivity index (χ1n) is 8.65. The highest BCUT2D eigenvalue weighted by molar-refractivity contribution is 7.90. The van der Waals surface area contributed by atoms with Crippen LogP contribution >= 0.6 is 0 Å². The van der Waals surface area contributed by atoms with Crippen molar-refractivity contribution in [2.24, 2.45) is 0 Å². The highest BCUT2D eigenvalue weighted by Gasteiger charge is 2.23. The quantitative estimate of drug-likeness (QED) is 0.674. The number of amides is 1. The van der Waals surface area contributed by atoms with Gasteiger partial charge in [0.1, 0.15) is 0 Å². The summed E-state index contributed by atoms with van der Waals surface area (Å²) in [4.78, 5) is 13.0. The summed E-state index contributed by atoms with van der Waals surface area (Å²) in [6, 6.07) is 14.1. The van der Waals surface area contributed by atoms with Gasteiger partial charge in [0, 0.05) is 11.6 Å². The highest BCUT2D eigenvalue weighted by Crippen LogP contribution is 2.21. The van der Waals surface area contributed by atoms with Crippen molar-refractivity contribution in [3.8, 4) is 12.3 Å². The molecule has 0 radical (unpaired) electrons. The van der Waals surface area contributed by atoms with E-state index in [-0.39, 0.29) is 10.8 Å². The third-order valence-electron chi connectivity index (χ3n) is 4.34. The van der Waals surface area contributed by atoms with Gasteiger partial charge in [-0.25, -0.2) is 8.42 Å². The van der Waals surface area contributed by atoms with Crippen LogP contribution in [-0.4, -0.2) is 35.9 Å². The molecule has 3 rings (SSSR count). The molecule has 1 amide bonds. The van der Waals surface area contributed by atoms with Gasteiger partial charge in [-0.3, -0.25) is 9.48 Å². The summed E-state index contributed by atoms with van der Waals surface area (Å²) in [5.74, 6) is 2.20. The van der Waals surface area contributed by atoms with Crippen LogP contribution in [0, 0.1) is 12.3 Å². The van der Waals surface area contributed by atoms with Crippen LogP contribution in [0.3, 0.4) is 0 Å². The molecular weight excluding hydrogens is 374 g/mol. The second-order valence-corrected chi connectivity index (χ2v) is 9.18. The summed E-state index contributed by atoms with van der Waals surface area (Å²) in [6.45, 7) is 3.89. The molecule has 28 heavy (non-hydrogen) atoms. The van der Waals surface area contributed by atoms with E-state index >= 15 is 0 Å². The molecule has 0 saturated carbocycles. The van der Waals surface area contributed by atoms with E-state index in [1.54, 1.807) is 42.8 Å². The number of hydrogen-bond acceptors (Lipinski definition) is 4. The number of carbonyl (C=O) groups excluding carboxylic acids is 1. The van der Waals surface area contributed by atoms with Gasteiger partial charge < -0.3 is 5.32 Å². The van der Waals surface area contributed by atoms with Crippen molar-refractivity contribution in [1.82, 2.24) is 15.1 Å². The fourth-order valence-corrected chi connectivity index (χ4v) is 3.44. The monoisotopic (exact) mass is 395 g/mol. The van der Waals surface area contributed by atoms with E-state index in [9.17, 15) is 13.2 Å². The molecule has 144 valence electrons. The molecule has 0 atom stereocenters. The van der Waals surface area contributed by atoms with Gasteiger partial charge in [-0.15, -0.1) is 6.42 Å². The van der Waals surface area contributed by atoms with Crippen molar-refractivity contribution in [2.75, 3.05) is 6.26 Å². The number of nitrogens with one attached hydrogen (secondary N) is 1. The predicted octanol–water partition coefficient (Wildman–Crippen LogP) is 2.63. The van der Waals surface area contributed by atoms with Gasteiger partial charge in [-0.05, 0) is 37.6 Å². The van der Waals surface area contributed by atoms with Crippen molar-refractivity contribution in [3.63, 3.8) is 0 Å². The minimum atomic E-state index is -3.25. The molecule has 1 aromatic heterocycles. The van der Waals surface area contributed by atoms with E-state index in [0.29, 0.717) is 12.2 Å². The van der Waals surface area contributed by atoms with Crippen molar-refractivity contribution in [3.05, 3.63) is 59.8 Å². The van der Waals surface area contributed by atoms with E-state index in [2.05, 4.69) is 16.3 Å². The van der Waals surface area contributed by atoms with Gasteiger partial charge in [-0.1, -0.05) is 36.3 Å². The Morgan fingerprint density at radius 3 is 2.43 bits per heavy atom. The molecule has 0 aliphatic heterocycles. The standard InChI is InChI=1S/C21H21N3O3S/c1-5-21(2,3)22-20(25)19-17-8-6-7-9-18(17)24(23-19)14-15-10-12-16(13-11-15)28(4,26)27/h1,6-13H,14H2,2-4H3,(H,22,25). The maximum absolute atomic E-state index is 12.7. The average molecular weight is 395 g/mol. The Hall–Kier alpha value is -3.11. The van der Waals surface area contributed by atoms with Gasteiger partial charge in [0.15, 0.2) is 15.5 Å². The lowest BCUT2D eigenvalue weighted by Gasteiger charge is -2.18. The molecule has 1 heterocycles. The Morgan fingerprint density at radius 2 is 1.82 bits per heavy atom. The van der Waals surface area contributed by atoms with Gasteiger partial charge in [-0.2, -0.15) is 5.10 Å². The number of fused-ring (bicyclic) bond motifs is 1. The van der Waals surface area contributed by atoms with Crippen molar-refractivity contribution < 1.29 is 13.2 Å². The predicted molar refractivity (Wildman–Crippen MR) is 109 cm³/mol. The first-order chi connectivity index (χ1) is 13.1. The summed E-state index contributed by atoms with van der Waals surface area (Å²) >= 11 is 0. The smallest absolute Gasteiger partial charge is 0.273 e. The second-order valence-electron chi connectivity index (χ2n) is 7.16. The van der Waals surface area contributed by atoms with Crippen LogP contribution in [0.15, 0.2) is 53.4 Å². The molecule has 1 N–H and O–H groups in total. The Labute approximate surface area is 164 Å². The minimum absolute atomic E-state index is 0.262. The van der Waals surface area contributed by atoms with Gasteiger partial charge in [0.25, 0.3) is 5.91 Å². The molecule has 3 aromatic rings. The molecule has 0 aliphatic carbocycles. The SMILES string of the molecule is C#CC(C)(C)NC(=O)c1nn(Cc2ccc(S(C)(=O)=O)cc2)c2ccccc12. The third-order valence-corrected chi connectivity index (χ3v) is 5.47. The van der Waals surface area contributed by atoms with Crippen LogP contribution in [0.25, 0.3) is 10.9 Å². The number of sulfone groups is 1. The molecule has 0 bridgehead atoms. The number of rotatable bonds is 5. The topological polar surface area (TPSA) is 81.1 Å². The number of carbonyl (C=O) groups is 1. The van der Waals surface area contributed by atoms with Crippen molar-refractivity contribution in [2.45, 2.75) is 30.8 Å². The molecule has 6 nitrogen and oxygen atoms in total. The van der Waals surface area contributed by atoms with E-state index < -0.39 is 15.4 Å². The summed E-state index contributed by atoms with van der Waals surface area (Å²) in [5.41, 5.74) is 1.19. The van der Waals surface area contributed by atoms with E-state index in [1.807, 2.05) is 24.3 Å². The Balaban J connectivity index is 1.97. The molecule has 0 saturated heterocycles. The van der Waals surface area contributed by atoms with Crippen molar-refractivity contribution in [1.29, 1.82) is 0 Å². The summed E-state index contributed by atoms with van der Waals surface area (Å²) in [7, 11) is -3.25. The number of aromatic nitrogens is 2. The molecule has 0 spiro atoms. The normalized spacial score (nSPS) is 11.9. The highest BCUT2D eigenvalue weighted by atomic mass is 32.2. The van der Waals surface area contributed by atoms with Crippen LogP contribution < -0.4 is 5.32 Å². The van der Waals surface area contributed by atoms with Gasteiger partial charge in [0.2, 0.25) is 0 Å². The summed E-state index contributed by atoms with van der Waals surface area (Å²) in [6.07, 6.45) is 6.63. The number of hydrogen-bond donors (Lipinski definition) is 1. The molecule has 0 aliphatic rings. The fourth-order valence-electron chi connectivity index (χ4n) is 2.81. The van der Waals surface area contributed by atoms with Crippen LogP contribution in [0.5, 0.6) is 0 Å². The largest absolute Gasteiger partial charge is 0.335 e. The lowest BCUT2D eigenvalue weighted by atomic mass is 10.1. The summed E-state index contributed by atoms with van der Waals surface area (Å²) < 4.78 is 25.0. The Kier molecular flexibility index (Phi) is 5.01. The van der Waals surface area contributed by atoms with Crippen LogP contribution in [0.2, 0.25) is 0 Å². The Morgan fingerprint density at radius 1 is 1.18 bits per heavy atom. The molecule has 0 unspecified atom stereocenters. The van der Waals surface area contributed by atoms with Crippen LogP contribution in [-0.2, 0) is 16.4 Å². The second kappa shape index (κ2) is 7.13. The number of terminal acetylenes is 1. The zero-order chi connectivity index (χ0) is 20.5. The number of benzene rings is 2. The van der Waals surface area contributed by atoms with E-state index in [1.165, 1.54) is 6.26 Å². The van der Waals surface area contributed by atoms with Crippen molar-refractivity contribution >= 4 is 26.6 Å². The first-order valence-corrected chi connectivity index (χ1v) is 10.5. The average Bonchev–Trinajstić information content (AvgIpc) is 3.00. The number of para-hydroxylation sites is 1. The Bertz CT molecular complexity index is 1180. The fraction of sp³-hybridized carbons (Fsp3) is 0.238. The maximum Gasteiger partial charge on any atom is 0.273 e. The minimum Gasteiger partial charge on any atom is -0.335 e. The van der Waals surface area contributed by atoms with Crippen LogP contribution in [0.4, 0.5) is 0 Å². The van der Waals surface area contributed by atoms with Crippen LogP contribution in [0.1, 0.15) is 29.9 Å². The maximum atomic E-state index is 12.7. The zero-order valence-electron chi connectivity index (χ0n) is 15.9. The van der Waals surface area contributed by atoms with E-state index in [0.717, 1.165) is 16.5 Å². The molecule has 2 aromatic carbocycles. The zero-order valence-corrected chi connectivity index (χ0v) is 16.7. The van der Waals surface area contributed by atoms with Gasteiger partial charge in [0.05, 0.1) is 22.5 Å². The van der Waals surface area contributed by atoms with Gasteiger partial charge >= 0.3 is 0 Å². The lowest BCUT2D eigenvalue weighted by molar-refractivity contribution is 0.0925. The molecular formula is C21H21N3O3S. The third kappa shape index (κ3) is 4.07. The van der Waals surface area contributed by atoms with E-state index in [4.69, 9.17) is 6.42 Å².